The molecule has 1 atom stereocenters. The van der Waals surface area contributed by atoms with Crippen molar-refractivity contribution in [2.24, 2.45) is 7.05 Å². The summed E-state index contributed by atoms with van der Waals surface area (Å²) in [6, 6.07) is 5.40. The number of benzene rings is 1. The number of carbonyl (C=O) groups is 1. The number of ether oxygens (including phenoxy) is 2. The van der Waals surface area contributed by atoms with Gasteiger partial charge in [0, 0.05) is 7.05 Å². The second-order valence-corrected chi connectivity index (χ2v) is 5.54. The Hall–Kier alpha value is -2.21. The predicted octanol–water partition coefficient (Wildman–Crippen LogP) is 2.60. The average Bonchev–Trinajstić information content (AvgIpc) is 3.03. The molecule has 0 bridgehead atoms. The molecule has 1 N–H and O–H groups in total. The molecule has 6 nitrogen and oxygen atoms in total. The summed E-state index contributed by atoms with van der Waals surface area (Å²) >= 11 is 6.12. The number of halogens is 1. The van der Waals surface area contributed by atoms with Gasteiger partial charge in [0.1, 0.15) is 5.15 Å². The van der Waals surface area contributed by atoms with Gasteiger partial charge in [0.2, 0.25) is 6.79 Å². The third kappa shape index (κ3) is 2.50. The van der Waals surface area contributed by atoms with E-state index in [1.165, 1.54) is 4.68 Å². The van der Waals surface area contributed by atoms with Gasteiger partial charge < -0.3 is 14.8 Å². The van der Waals surface area contributed by atoms with E-state index in [1.807, 2.05) is 25.1 Å². The van der Waals surface area contributed by atoms with Gasteiger partial charge in [0.05, 0.1) is 17.3 Å². The van der Waals surface area contributed by atoms with Crippen LogP contribution in [0.1, 0.15) is 34.6 Å². The molecule has 2 aromatic rings. The van der Waals surface area contributed by atoms with Crippen LogP contribution < -0.4 is 14.8 Å². The first-order valence-corrected chi connectivity index (χ1v) is 7.24. The molecule has 3 rings (SSSR count). The van der Waals surface area contributed by atoms with Gasteiger partial charge in [-0.15, -0.1) is 0 Å². The Kier molecular flexibility index (Phi) is 3.70. The van der Waals surface area contributed by atoms with E-state index in [0.29, 0.717) is 27.9 Å². The molecule has 1 unspecified atom stereocenters. The van der Waals surface area contributed by atoms with E-state index < -0.39 is 0 Å². The molecule has 1 aliphatic rings. The molecule has 0 spiro atoms. The normalized spacial score (nSPS) is 14.0. The Balaban J connectivity index is 1.79. The lowest BCUT2D eigenvalue weighted by Crippen LogP contribution is -2.27. The van der Waals surface area contributed by atoms with Gasteiger partial charge in [-0.05, 0) is 31.5 Å². The van der Waals surface area contributed by atoms with Crippen molar-refractivity contribution in [2.75, 3.05) is 6.79 Å². The van der Waals surface area contributed by atoms with E-state index in [2.05, 4.69) is 10.4 Å². The number of carbonyl (C=O) groups excluding carboxylic acids is 1. The molecule has 0 radical (unpaired) electrons. The lowest BCUT2D eigenvalue weighted by molar-refractivity contribution is 0.0939. The Labute approximate surface area is 133 Å². The molecule has 116 valence electrons. The summed E-state index contributed by atoms with van der Waals surface area (Å²) in [5.74, 6) is 1.16. The van der Waals surface area contributed by atoms with Crippen molar-refractivity contribution in [3.8, 4) is 11.5 Å². The van der Waals surface area contributed by atoms with E-state index in [9.17, 15) is 4.79 Å². The van der Waals surface area contributed by atoms with Gasteiger partial charge in [-0.2, -0.15) is 5.10 Å². The van der Waals surface area contributed by atoms with Crippen LogP contribution in [-0.2, 0) is 7.05 Å². The molecule has 1 aliphatic heterocycles. The first-order chi connectivity index (χ1) is 10.5. The van der Waals surface area contributed by atoms with Gasteiger partial charge in [0.15, 0.2) is 11.5 Å². The van der Waals surface area contributed by atoms with E-state index >= 15 is 0 Å². The quantitative estimate of drug-likeness (QED) is 0.943. The van der Waals surface area contributed by atoms with Crippen LogP contribution in [0.3, 0.4) is 0 Å². The highest BCUT2D eigenvalue weighted by molar-refractivity contribution is 6.33. The zero-order valence-electron chi connectivity index (χ0n) is 12.5. The van der Waals surface area contributed by atoms with Crippen molar-refractivity contribution in [3.63, 3.8) is 0 Å². The molecule has 2 heterocycles. The number of fused-ring (bicyclic) bond motifs is 1. The number of hydrogen-bond acceptors (Lipinski definition) is 4. The average molecular weight is 322 g/mol. The molecule has 1 amide bonds. The zero-order chi connectivity index (χ0) is 15.9. The van der Waals surface area contributed by atoms with E-state index in [4.69, 9.17) is 21.1 Å². The first-order valence-electron chi connectivity index (χ1n) is 6.87. The number of hydrogen-bond donors (Lipinski definition) is 1. The number of nitrogens with one attached hydrogen (secondary N) is 1. The van der Waals surface area contributed by atoms with Crippen LogP contribution in [-0.4, -0.2) is 22.5 Å². The minimum absolute atomic E-state index is 0.197. The number of aromatic nitrogens is 2. The topological polar surface area (TPSA) is 65.4 Å². The molecule has 1 aromatic heterocycles. The Morgan fingerprint density at radius 1 is 1.41 bits per heavy atom. The van der Waals surface area contributed by atoms with Gasteiger partial charge in [-0.25, -0.2) is 0 Å². The molecule has 22 heavy (non-hydrogen) atoms. The van der Waals surface area contributed by atoms with Crippen molar-refractivity contribution < 1.29 is 14.3 Å². The number of amides is 1. The molecule has 1 aromatic carbocycles. The third-order valence-corrected chi connectivity index (χ3v) is 4.06. The van der Waals surface area contributed by atoms with Crippen LogP contribution in [0.25, 0.3) is 0 Å². The maximum absolute atomic E-state index is 12.4. The summed E-state index contributed by atoms with van der Waals surface area (Å²) in [6.07, 6.45) is 0. The highest BCUT2D eigenvalue weighted by atomic mass is 35.5. The molecular weight excluding hydrogens is 306 g/mol. The largest absolute Gasteiger partial charge is 0.454 e. The standard InChI is InChI=1S/C15H16ClN3O3/c1-8(10-4-5-11-12(6-10)22-7-21-11)17-15(20)13-9(2)18-19(3)14(13)16/h4-6,8H,7H2,1-3H3,(H,17,20). The van der Waals surface area contributed by atoms with E-state index in [0.717, 1.165) is 5.56 Å². The summed E-state index contributed by atoms with van der Waals surface area (Å²) in [5, 5.41) is 7.40. The van der Waals surface area contributed by atoms with Gasteiger partial charge in [0.25, 0.3) is 5.91 Å². The summed E-state index contributed by atoms with van der Waals surface area (Å²) in [5.41, 5.74) is 1.93. The van der Waals surface area contributed by atoms with Crippen molar-refractivity contribution in [1.82, 2.24) is 15.1 Å². The fourth-order valence-corrected chi connectivity index (χ4v) is 2.68. The Morgan fingerprint density at radius 3 is 2.82 bits per heavy atom. The highest BCUT2D eigenvalue weighted by Gasteiger charge is 2.22. The lowest BCUT2D eigenvalue weighted by atomic mass is 10.1. The maximum atomic E-state index is 12.4. The van der Waals surface area contributed by atoms with Crippen molar-refractivity contribution in [2.45, 2.75) is 19.9 Å². The lowest BCUT2D eigenvalue weighted by Gasteiger charge is -2.14. The van der Waals surface area contributed by atoms with Crippen LogP contribution in [0, 0.1) is 6.92 Å². The summed E-state index contributed by atoms with van der Waals surface area (Å²) in [7, 11) is 1.70. The van der Waals surface area contributed by atoms with Crippen molar-refractivity contribution in [1.29, 1.82) is 0 Å². The summed E-state index contributed by atoms with van der Waals surface area (Å²) < 4.78 is 12.1. The molecule has 0 saturated carbocycles. The van der Waals surface area contributed by atoms with Crippen LogP contribution in [0.2, 0.25) is 5.15 Å². The smallest absolute Gasteiger partial charge is 0.256 e. The van der Waals surface area contributed by atoms with Crippen LogP contribution in [0.4, 0.5) is 0 Å². The Bertz CT molecular complexity index is 742. The Morgan fingerprint density at radius 2 is 2.14 bits per heavy atom. The predicted molar refractivity (Wildman–Crippen MR) is 81.4 cm³/mol. The van der Waals surface area contributed by atoms with Crippen LogP contribution in [0.15, 0.2) is 18.2 Å². The SMILES string of the molecule is Cc1nn(C)c(Cl)c1C(=O)NC(C)c1ccc2c(c1)OCO2. The third-order valence-electron chi connectivity index (χ3n) is 3.62. The van der Waals surface area contributed by atoms with Gasteiger partial charge >= 0.3 is 0 Å². The van der Waals surface area contributed by atoms with Gasteiger partial charge in [-0.1, -0.05) is 17.7 Å². The summed E-state index contributed by atoms with van der Waals surface area (Å²) in [6.45, 7) is 3.88. The molecule has 7 heteroatoms. The number of nitrogens with zero attached hydrogens (tertiary/aromatic N) is 2. The van der Waals surface area contributed by atoms with Crippen LogP contribution in [0.5, 0.6) is 11.5 Å². The van der Waals surface area contributed by atoms with Crippen molar-refractivity contribution in [3.05, 3.63) is 40.2 Å². The second kappa shape index (κ2) is 5.53. The second-order valence-electron chi connectivity index (χ2n) is 5.18. The number of rotatable bonds is 3. The monoisotopic (exact) mass is 321 g/mol. The van der Waals surface area contributed by atoms with Crippen LogP contribution >= 0.6 is 11.6 Å². The van der Waals surface area contributed by atoms with E-state index in [1.54, 1.807) is 14.0 Å². The molecular formula is C15H16ClN3O3. The van der Waals surface area contributed by atoms with E-state index in [-0.39, 0.29) is 18.7 Å². The fraction of sp³-hybridized carbons (Fsp3) is 0.333. The number of aryl methyl sites for hydroxylation is 2. The maximum Gasteiger partial charge on any atom is 0.256 e. The van der Waals surface area contributed by atoms with Gasteiger partial charge in [-0.3, -0.25) is 9.48 Å². The molecule has 0 fully saturated rings. The first kappa shape index (κ1) is 14.7. The zero-order valence-corrected chi connectivity index (χ0v) is 13.3. The minimum Gasteiger partial charge on any atom is -0.454 e. The highest BCUT2D eigenvalue weighted by Crippen LogP contribution is 2.34. The minimum atomic E-state index is -0.249. The summed E-state index contributed by atoms with van der Waals surface area (Å²) in [4.78, 5) is 12.4. The molecule has 0 saturated heterocycles. The van der Waals surface area contributed by atoms with Crippen molar-refractivity contribution >= 4 is 17.5 Å². The fourth-order valence-electron chi connectivity index (χ4n) is 2.42. The molecule has 0 aliphatic carbocycles.